The van der Waals surface area contributed by atoms with Crippen LogP contribution in [0, 0.1) is 6.92 Å². The third kappa shape index (κ3) is 5.14. The van der Waals surface area contributed by atoms with Gasteiger partial charge in [-0.25, -0.2) is 14.3 Å². The van der Waals surface area contributed by atoms with E-state index in [2.05, 4.69) is 5.10 Å². The molecule has 3 aromatic carbocycles. The first-order chi connectivity index (χ1) is 17.0. The van der Waals surface area contributed by atoms with Gasteiger partial charge in [0.05, 0.1) is 11.3 Å². The molecule has 174 valence electrons. The molecule has 0 fully saturated rings. The standard InChI is InChI=1S/C28H22N2O5/c1-19-15-27(31)35-26-16-24(11-12-25(19)26)33-17-20-3-7-22(8-4-20)28(32)34-18-21-5-9-23(10-6-21)30-14-2-13-29-30/h2-16H,17-18H2,1H3. The number of rotatable bonds is 7. The molecule has 5 aromatic rings. The van der Waals surface area contributed by atoms with Gasteiger partial charge in [-0.3, -0.25) is 0 Å². The smallest absolute Gasteiger partial charge is 0.338 e. The second-order valence-electron chi connectivity index (χ2n) is 8.09. The number of benzene rings is 3. The summed E-state index contributed by atoms with van der Waals surface area (Å²) < 4.78 is 18.3. The van der Waals surface area contributed by atoms with Gasteiger partial charge in [0, 0.05) is 29.9 Å². The van der Waals surface area contributed by atoms with Gasteiger partial charge >= 0.3 is 11.6 Å². The topological polar surface area (TPSA) is 83.6 Å². The second-order valence-corrected chi connectivity index (χ2v) is 8.09. The van der Waals surface area contributed by atoms with Gasteiger partial charge in [0.25, 0.3) is 0 Å². The Balaban J connectivity index is 1.16. The average Bonchev–Trinajstić information content (AvgIpc) is 3.41. The van der Waals surface area contributed by atoms with Crippen LogP contribution < -0.4 is 10.4 Å². The highest BCUT2D eigenvalue weighted by Crippen LogP contribution is 2.23. The van der Waals surface area contributed by atoms with Gasteiger partial charge in [-0.1, -0.05) is 24.3 Å². The Morgan fingerprint density at radius 2 is 1.69 bits per heavy atom. The van der Waals surface area contributed by atoms with Crippen LogP contribution in [0.4, 0.5) is 0 Å². The monoisotopic (exact) mass is 466 g/mol. The zero-order valence-electron chi connectivity index (χ0n) is 19.0. The van der Waals surface area contributed by atoms with Gasteiger partial charge < -0.3 is 13.9 Å². The van der Waals surface area contributed by atoms with E-state index in [1.807, 2.05) is 67.7 Å². The second kappa shape index (κ2) is 9.69. The van der Waals surface area contributed by atoms with Gasteiger partial charge in [-0.2, -0.15) is 5.10 Å². The van der Waals surface area contributed by atoms with E-state index < -0.39 is 5.97 Å². The number of nitrogens with zero attached hydrogens (tertiary/aromatic N) is 2. The van der Waals surface area contributed by atoms with Gasteiger partial charge in [0.1, 0.15) is 24.5 Å². The molecule has 0 aliphatic rings. The van der Waals surface area contributed by atoms with Crippen LogP contribution in [0.3, 0.4) is 0 Å². The van der Waals surface area contributed by atoms with Crippen LogP contribution in [0.5, 0.6) is 5.75 Å². The fourth-order valence-electron chi connectivity index (χ4n) is 3.70. The molecule has 0 saturated carbocycles. The zero-order valence-corrected chi connectivity index (χ0v) is 19.0. The quantitative estimate of drug-likeness (QED) is 0.241. The van der Waals surface area contributed by atoms with E-state index in [1.165, 1.54) is 6.07 Å². The molecule has 5 rings (SSSR count). The molecule has 7 heteroatoms. The lowest BCUT2D eigenvalue weighted by Crippen LogP contribution is -2.06. The Hall–Kier alpha value is -4.65. The summed E-state index contributed by atoms with van der Waals surface area (Å²) in [6, 6.07) is 23.5. The first-order valence-corrected chi connectivity index (χ1v) is 11.1. The number of carbonyl (C=O) groups excluding carboxylic acids is 1. The van der Waals surface area contributed by atoms with Crippen molar-refractivity contribution in [1.82, 2.24) is 9.78 Å². The molecule has 0 atom stereocenters. The minimum absolute atomic E-state index is 0.181. The van der Waals surface area contributed by atoms with Crippen LogP contribution in [0.25, 0.3) is 16.7 Å². The fraction of sp³-hybridized carbons (Fsp3) is 0.107. The summed E-state index contributed by atoms with van der Waals surface area (Å²) in [4.78, 5) is 24.1. The van der Waals surface area contributed by atoms with E-state index in [-0.39, 0.29) is 12.2 Å². The van der Waals surface area contributed by atoms with Crippen molar-refractivity contribution < 1.29 is 18.7 Å². The van der Waals surface area contributed by atoms with E-state index >= 15 is 0 Å². The molecular weight excluding hydrogens is 444 g/mol. The summed E-state index contributed by atoms with van der Waals surface area (Å²) in [5.74, 6) is 0.196. The Morgan fingerprint density at radius 3 is 2.43 bits per heavy atom. The molecule has 0 radical (unpaired) electrons. The fourth-order valence-corrected chi connectivity index (χ4v) is 3.70. The Morgan fingerprint density at radius 1 is 0.943 bits per heavy atom. The van der Waals surface area contributed by atoms with Crippen molar-refractivity contribution in [2.24, 2.45) is 0 Å². The molecule has 0 unspecified atom stereocenters. The predicted molar refractivity (Wildman–Crippen MR) is 131 cm³/mol. The summed E-state index contributed by atoms with van der Waals surface area (Å²) in [6.45, 7) is 2.35. The molecule has 0 aliphatic carbocycles. The van der Waals surface area contributed by atoms with Gasteiger partial charge in [-0.15, -0.1) is 0 Å². The first kappa shape index (κ1) is 22.2. The lowest BCUT2D eigenvalue weighted by molar-refractivity contribution is 0.0472. The van der Waals surface area contributed by atoms with Crippen molar-refractivity contribution in [1.29, 1.82) is 0 Å². The molecule has 0 amide bonds. The first-order valence-electron chi connectivity index (χ1n) is 11.1. The number of carbonyl (C=O) groups is 1. The van der Waals surface area contributed by atoms with Crippen molar-refractivity contribution in [3.8, 4) is 11.4 Å². The number of ether oxygens (including phenoxy) is 2. The molecule has 2 heterocycles. The van der Waals surface area contributed by atoms with E-state index in [0.29, 0.717) is 23.5 Å². The Bertz CT molecular complexity index is 1520. The third-order valence-corrected chi connectivity index (χ3v) is 5.59. The average molecular weight is 466 g/mol. The van der Waals surface area contributed by atoms with Crippen LogP contribution in [0.1, 0.15) is 27.0 Å². The largest absolute Gasteiger partial charge is 0.489 e. The number of esters is 1. The molecule has 0 spiro atoms. The maximum Gasteiger partial charge on any atom is 0.338 e. The Kier molecular flexibility index (Phi) is 6.13. The molecular formula is C28H22N2O5. The Labute approximate surface area is 201 Å². The number of aromatic nitrogens is 2. The maximum absolute atomic E-state index is 12.4. The summed E-state index contributed by atoms with van der Waals surface area (Å²) in [5, 5.41) is 5.06. The molecule has 0 saturated heterocycles. The summed E-state index contributed by atoms with van der Waals surface area (Å²) >= 11 is 0. The zero-order chi connectivity index (χ0) is 24.2. The van der Waals surface area contributed by atoms with Crippen molar-refractivity contribution >= 4 is 16.9 Å². The van der Waals surface area contributed by atoms with Crippen LogP contribution in [0.15, 0.2) is 100 Å². The van der Waals surface area contributed by atoms with Crippen molar-refractivity contribution in [3.05, 3.63) is 124 Å². The van der Waals surface area contributed by atoms with Gasteiger partial charge in [0.15, 0.2) is 0 Å². The summed E-state index contributed by atoms with van der Waals surface area (Å²) in [6.07, 6.45) is 3.59. The number of hydrogen-bond donors (Lipinski definition) is 0. The molecule has 7 nitrogen and oxygen atoms in total. The highest BCUT2D eigenvalue weighted by molar-refractivity contribution is 5.89. The van der Waals surface area contributed by atoms with Gasteiger partial charge in [0.2, 0.25) is 0 Å². The lowest BCUT2D eigenvalue weighted by Gasteiger charge is -2.09. The SMILES string of the molecule is Cc1cc(=O)oc2cc(OCc3ccc(C(=O)OCc4ccc(-n5cccn5)cc4)cc3)ccc12. The third-order valence-electron chi connectivity index (χ3n) is 5.59. The normalized spacial score (nSPS) is 10.9. The van der Waals surface area contributed by atoms with Crippen molar-refractivity contribution in [2.45, 2.75) is 20.1 Å². The number of aryl methyl sites for hydroxylation is 1. The molecule has 0 N–H and O–H groups in total. The summed E-state index contributed by atoms with van der Waals surface area (Å²) in [7, 11) is 0. The van der Waals surface area contributed by atoms with Gasteiger partial charge in [-0.05, 0) is 66.1 Å². The van der Waals surface area contributed by atoms with Crippen LogP contribution >= 0.6 is 0 Å². The van der Waals surface area contributed by atoms with E-state index in [4.69, 9.17) is 13.9 Å². The number of hydrogen-bond acceptors (Lipinski definition) is 6. The molecule has 0 bridgehead atoms. The molecule has 2 aromatic heterocycles. The summed E-state index contributed by atoms with van der Waals surface area (Å²) in [5.41, 5.74) is 4.14. The highest BCUT2D eigenvalue weighted by atomic mass is 16.5. The van der Waals surface area contributed by atoms with Crippen LogP contribution in [-0.4, -0.2) is 15.7 Å². The maximum atomic E-state index is 12.4. The minimum atomic E-state index is -0.395. The van der Waals surface area contributed by atoms with E-state index in [9.17, 15) is 9.59 Å². The molecule has 0 aliphatic heterocycles. The molecule has 35 heavy (non-hydrogen) atoms. The predicted octanol–water partition coefficient (Wildman–Crippen LogP) is 5.22. The highest BCUT2D eigenvalue weighted by Gasteiger charge is 2.09. The van der Waals surface area contributed by atoms with E-state index in [1.54, 1.807) is 29.1 Å². The van der Waals surface area contributed by atoms with Crippen LogP contribution in [0.2, 0.25) is 0 Å². The van der Waals surface area contributed by atoms with E-state index in [0.717, 1.165) is 27.8 Å². The van der Waals surface area contributed by atoms with Crippen molar-refractivity contribution in [2.75, 3.05) is 0 Å². The lowest BCUT2D eigenvalue weighted by atomic mass is 10.1. The van der Waals surface area contributed by atoms with Crippen LogP contribution in [-0.2, 0) is 18.0 Å². The number of fused-ring (bicyclic) bond motifs is 1. The minimum Gasteiger partial charge on any atom is -0.489 e. The van der Waals surface area contributed by atoms with Crippen molar-refractivity contribution in [3.63, 3.8) is 0 Å².